The Bertz CT molecular complexity index is 360. The minimum absolute atomic E-state index is 0.230. The smallest absolute Gasteiger partial charge is 0.125 e. The maximum atomic E-state index is 12.9. The van der Waals surface area contributed by atoms with E-state index in [1.165, 1.54) is 12.1 Å². The second-order valence-electron chi connectivity index (χ2n) is 3.26. The number of benzene rings is 1. The van der Waals surface area contributed by atoms with Crippen molar-refractivity contribution < 1.29 is 4.39 Å². The molecule has 2 rings (SSSR count). The minimum atomic E-state index is -0.230. The van der Waals surface area contributed by atoms with Crippen molar-refractivity contribution >= 4 is 11.5 Å². The normalized spacial score (nSPS) is 14.5. The molecule has 1 aromatic carbocycles. The number of rotatable bonds is 0. The average Bonchev–Trinajstić information content (AvgIpc) is 2.46. The lowest BCUT2D eigenvalue weighted by Gasteiger charge is -2.16. The monoisotopic (exact) mass is 178 g/mol. The predicted octanol–water partition coefficient (Wildman–Crippen LogP) is 2.19. The van der Waals surface area contributed by atoms with E-state index in [0.29, 0.717) is 5.84 Å². The molecular weight excluding hydrogens is 167 g/mol. The summed E-state index contributed by atoms with van der Waals surface area (Å²) in [6.07, 6.45) is 0.909. The van der Waals surface area contributed by atoms with Crippen LogP contribution in [0.1, 0.15) is 12.5 Å². The first-order valence-electron chi connectivity index (χ1n) is 4.29. The van der Waals surface area contributed by atoms with E-state index in [1.807, 2.05) is 4.90 Å². The van der Waals surface area contributed by atoms with Crippen molar-refractivity contribution in [3.05, 3.63) is 29.6 Å². The zero-order valence-electron chi connectivity index (χ0n) is 7.47. The Labute approximate surface area is 76.5 Å². The predicted molar refractivity (Wildman–Crippen MR) is 50.9 cm³/mol. The molecule has 0 aliphatic carbocycles. The van der Waals surface area contributed by atoms with Gasteiger partial charge < -0.3 is 4.90 Å². The second kappa shape index (κ2) is 2.83. The number of fused-ring (bicyclic) bond motifs is 1. The third kappa shape index (κ3) is 1.30. The van der Waals surface area contributed by atoms with E-state index in [4.69, 9.17) is 5.41 Å². The van der Waals surface area contributed by atoms with Gasteiger partial charge in [-0.15, -0.1) is 0 Å². The van der Waals surface area contributed by atoms with Crippen LogP contribution in [0.15, 0.2) is 18.2 Å². The van der Waals surface area contributed by atoms with E-state index in [0.717, 1.165) is 24.2 Å². The summed E-state index contributed by atoms with van der Waals surface area (Å²) in [7, 11) is 0. The van der Waals surface area contributed by atoms with Crippen LogP contribution in [0.5, 0.6) is 0 Å². The van der Waals surface area contributed by atoms with Crippen molar-refractivity contribution in [1.29, 1.82) is 5.41 Å². The Morgan fingerprint density at radius 1 is 1.54 bits per heavy atom. The third-order valence-electron chi connectivity index (χ3n) is 2.35. The summed E-state index contributed by atoms with van der Waals surface area (Å²) in [6, 6.07) is 4.77. The number of hydrogen-bond acceptors (Lipinski definition) is 1. The molecule has 0 saturated heterocycles. The van der Waals surface area contributed by atoms with E-state index in [-0.39, 0.29) is 5.82 Å². The van der Waals surface area contributed by atoms with Crippen molar-refractivity contribution in [1.82, 2.24) is 0 Å². The zero-order chi connectivity index (χ0) is 9.42. The number of nitrogens with one attached hydrogen (secondary N) is 1. The summed E-state index contributed by atoms with van der Waals surface area (Å²) in [5, 5.41) is 7.50. The van der Waals surface area contributed by atoms with Gasteiger partial charge in [-0.1, -0.05) is 6.07 Å². The molecule has 2 nitrogen and oxygen atoms in total. The molecular formula is C10H11FN2. The first-order chi connectivity index (χ1) is 6.18. The van der Waals surface area contributed by atoms with Crippen molar-refractivity contribution in [2.24, 2.45) is 0 Å². The highest BCUT2D eigenvalue weighted by molar-refractivity contribution is 5.95. The molecule has 1 aliphatic rings. The summed E-state index contributed by atoms with van der Waals surface area (Å²) in [5.41, 5.74) is 1.99. The Balaban J connectivity index is 2.46. The molecule has 0 saturated carbocycles. The lowest BCUT2D eigenvalue weighted by atomic mass is 10.2. The van der Waals surface area contributed by atoms with Gasteiger partial charge in [0, 0.05) is 12.2 Å². The summed E-state index contributed by atoms with van der Waals surface area (Å²) >= 11 is 0. The summed E-state index contributed by atoms with van der Waals surface area (Å²) in [6.45, 7) is 2.52. The Kier molecular flexibility index (Phi) is 1.79. The minimum Gasteiger partial charge on any atom is -0.330 e. The zero-order valence-corrected chi connectivity index (χ0v) is 7.47. The van der Waals surface area contributed by atoms with E-state index < -0.39 is 0 Å². The molecule has 1 aliphatic heterocycles. The van der Waals surface area contributed by atoms with Crippen LogP contribution in [0.4, 0.5) is 10.1 Å². The molecule has 0 bridgehead atoms. The van der Waals surface area contributed by atoms with Crippen LogP contribution in [0.3, 0.4) is 0 Å². The first kappa shape index (κ1) is 8.23. The van der Waals surface area contributed by atoms with Crippen LogP contribution in [0, 0.1) is 11.2 Å². The van der Waals surface area contributed by atoms with Crippen molar-refractivity contribution in [2.75, 3.05) is 11.4 Å². The molecule has 0 radical (unpaired) electrons. The summed E-state index contributed by atoms with van der Waals surface area (Å²) in [4.78, 5) is 1.83. The second-order valence-corrected chi connectivity index (χ2v) is 3.26. The van der Waals surface area contributed by atoms with E-state index in [2.05, 4.69) is 0 Å². The number of halogens is 1. The maximum Gasteiger partial charge on any atom is 0.125 e. The van der Waals surface area contributed by atoms with Crippen LogP contribution in [0.2, 0.25) is 0 Å². The van der Waals surface area contributed by atoms with Gasteiger partial charge >= 0.3 is 0 Å². The van der Waals surface area contributed by atoms with Crippen molar-refractivity contribution in [3.63, 3.8) is 0 Å². The Morgan fingerprint density at radius 2 is 2.31 bits per heavy atom. The van der Waals surface area contributed by atoms with Gasteiger partial charge in [-0.2, -0.15) is 0 Å². The average molecular weight is 178 g/mol. The standard InChI is InChI=1S/C10H11FN2/c1-7(12)13-5-4-8-2-3-9(11)6-10(8)13/h2-3,6,12H,4-5H2,1H3. The van der Waals surface area contributed by atoms with Gasteiger partial charge in [0.05, 0.1) is 5.84 Å². The van der Waals surface area contributed by atoms with Gasteiger partial charge in [-0.3, -0.25) is 5.41 Å². The fraction of sp³-hybridized carbons (Fsp3) is 0.300. The van der Waals surface area contributed by atoms with E-state index >= 15 is 0 Å². The number of amidine groups is 1. The van der Waals surface area contributed by atoms with Gasteiger partial charge in [-0.05, 0) is 31.0 Å². The highest BCUT2D eigenvalue weighted by Gasteiger charge is 2.20. The number of anilines is 1. The molecule has 0 fully saturated rings. The van der Waals surface area contributed by atoms with Gasteiger partial charge in [0.2, 0.25) is 0 Å². The summed E-state index contributed by atoms with van der Waals surface area (Å²) in [5.74, 6) is 0.247. The lowest BCUT2D eigenvalue weighted by molar-refractivity contribution is 0.628. The molecule has 0 amide bonds. The van der Waals surface area contributed by atoms with Gasteiger partial charge in [0.1, 0.15) is 5.82 Å². The topological polar surface area (TPSA) is 27.1 Å². The quantitative estimate of drug-likeness (QED) is 0.478. The van der Waals surface area contributed by atoms with Gasteiger partial charge in [0.15, 0.2) is 0 Å². The molecule has 0 aromatic heterocycles. The fourth-order valence-corrected chi connectivity index (χ4v) is 1.70. The highest BCUT2D eigenvalue weighted by atomic mass is 19.1. The van der Waals surface area contributed by atoms with Crippen LogP contribution < -0.4 is 4.90 Å². The summed E-state index contributed by atoms with van der Waals surface area (Å²) < 4.78 is 12.9. The molecule has 1 N–H and O–H groups in total. The molecule has 0 atom stereocenters. The third-order valence-corrected chi connectivity index (χ3v) is 2.35. The molecule has 13 heavy (non-hydrogen) atoms. The van der Waals surface area contributed by atoms with Gasteiger partial charge in [0.25, 0.3) is 0 Å². The van der Waals surface area contributed by atoms with Crippen LogP contribution >= 0.6 is 0 Å². The number of nitrogens with zero attached hydrogens (tertiary/aromatic N) is 1. The van der Waals surface area contributed by atoms with E-state index in [9.17, 15) is 4.39 Å². The largest absolute Gasteiger partial charge is 0.330 e. The van der Waals surface area contributed by atoms with E-state index in [1.54, 1.807) is 13.0 Å². The van der Waals surface area contributed by atoms with Crippen LogP contribution in [0.25, 0.3) is 0 Å². The lowest BCUT2D eigenvalue weighted by Crippen LogP contribution is -2.25. The Hall–Kier alpha value is -1.38. The fourth-order valence-electron chi connectivity index (χ4n) is 1.70. The molecule has 1 heterocycles. The van der Waals surface area contributed by atoms with Crippen LogP contribution in [-0.4, -0.2) is 12.4 Å². The molecule has 68 valence electrons. The SMILES string of the molecule is CC(=N)N1CCc2ccc(F)cc21. The highest BCUT2D eigenvalue weighted by Crippen LogP contribution is 2.28. The maximum absolute atomic E-state index is 12.9. The molecule has 0 unspecified atom stereocenters. The number of hydrogen-bond donors (Lipinski definition) is 1. The molecule has 3 heteroatoms. The first-order valence-corrected chi connectivity index (χ1v) is 4.29. The van der Waals surface area contributed by atoms with Crippen LogP contribution in [-0.2, 0) is 6.42 Å². The molecule has 1 aromatic rings. The Morgan fingerprint density at radius 3 is 3.00 bits per heavy atom. The van der Waals surface area contributed by atoms with Gasteiger partial charge in [-0.25, -0.2) is 4.39 Å². The molecule has 0 spiro atoms. The van der Waals surface area contributed by atoms with Crippen molar-refractivity contribution in [2.45, 2.75) is 13.3 Å². The van der Waals surface area contributed by atoms with Crippen molar-refractivity contribution in [3.8, 4) is 0 Å².